The molecule has 0 saturated carbocycles. The van der Waals surface area contributed by atoms with Gasteiger partial charge in [-0.3, -0.25) is 0 Å². The minimum Gasteiger partial charge on any atom is -0.201 e. The average molecular weight is 1200 g/mol. The van der Waals surface area contributed by atoms with Crippen LogP contribution in [0.5, 0.6) is 0 Å². The maximum absolute atomic E-state index is 8.57. The number of nitrogens with zero attached hydrogens (tertiary/aromatic N) is 4. The third-order valence-electron chi connectivity index (χ3n) is 17.4. The van der Waals surface area contributed by atoms with E-state index >= 15 is 0 Å². The van der Waals surface area contributed by atoms with E-state index < -0.39 is 32.3 Å². The Morgan fingerprint density at radius 3 is 1.33 bits per heavy atom. The standard InChI is InChI=1S/C25H30N.C21H30N.C20H28N.C19H26N/c1-18-14-19(2)23(15-22(18)21-10-8-7-9-11-21)24-13-12-20(17-26(24)6)16-25(3,4)5;1-15-11-9-10-12-16(15)19-13-17(20(2,3)4)18(14-22(19)8)21(5,6)7;1-7-20(5,8-2)17-10-12-19(21(6)14-17)18-11-9-15(3)13-16(18)4;1-13-8-9-16(14(2)10-13)18-11-15(3)17(12-20(18)7)19(4,5)6/h7-15,17H,16H2,1-6H3;9-14H,1-8H3;9-14H,7-8H2,1-6H3;8-12H,1-7H3/q4*+1/i1D3,16D2;;3D3;1D3. The van der Waals surface area contributed by atoms with Crippen molar-refractivity contribution >= 4 is 0 Å². The molecule has 0 N–H and O–H groups in total. The molecule has 0 saturated heterocycles. The molecule has 0 bridgehead atoms. The predicted octanol–water partition coefficient (Wildman–Crippen LogP) is 20.4. The first kappa shape index (κ1) is 55.7. The van der Waals surface area contributed by atoms with Gasteiger partial charge in [-0.1, -0.05) is 194 Å². The highest BCUT2D eigenvalue weighted by molar-refractivity contribution is 5.76. The largest absolute Gasteiger partial charge is 0.212 e. The van der Waals surface area contributed by atoms with E-state index in [0.717, 1.165) is 68.9 Å². The molecule has 9 rings (SSSR count). The van der Waals surface area contributed by atoms with E-state index in [1.807, 2.05) is 127 Å². The maximum atomic E-state index is 8.57. The molecule has 0 aliphatic heterocycles. The summed E-state index contributed by atoms with van der Waals surface area (Å²) in [5.41, 5.74) is 23.0. The molecule has 470 valence electrons. The van der Waals surface area contributed by atoms with Crippen LogP contribution >= 0.6 is 0 Å². The average Bonchev–Trinajstić information content (AvgIpc) is 0.776. The number of rotatable bonds is 9. The van der Waals surface area contributed by atoms with Crippen molar-refractivity contribution in [2.75, 3.05) is 0 Å². The van der Waals surface area contributed by atoms with Crippen LogP contribution in [0.4, 0.5) is 0 Å². The lowest BCUT2D eigenvalue weighted by Crippen LogP contribution is -2.36. The molecule has 89 heavy (non-hydrogen) atoms. The Hall–Kier alpha value is -7.30. The maximum Gasteiger partial charge on any atom is 0.212 e. The molecule has 0 fully saturated rings. The molecule has 4 nitrogen and oxygen atoms in total. The zero-order valence-electron chi connectivity index (χ0n) is 69.8. The van der Waals surface area contributed by atoms with E-state index in [1.165, 1.54) is 44.6 Å². The highest BCUT2D eigenvalue weighted by atomic mass is 14.9. The molecule has 9 aromatic rings. The van der Waals surface area contributed by atoms with E-state index in [9.17, 15) is 0 Å². The number of aromatic nitrogens is 4. The van der Waals surface area contributed by atoms with Gasteiger partial charge in [0.05, 0.1) is 0 Å². The van der Waals surface area contributed by atoms with Crippen LogP contribution in [0.1, 0.15) is 204 Å². The Balaban J connectivity index is 0.000000212. The van der Waals surface area contributed by atoms with Gasteiger partial charge in [-0.05, 0) is 188 Å². The fourth-order valence-corrected chi connectivity index (χ4v) is 11.8. The number of hydrogen-bond donors (Lipinski definition) is 0. The normalized spacial score (nSPS) is 14.3. The predicted molar refractivity (Wildman–Crippen MR) is 383 cm³/mol. The van der Waals surface area contributed by atoms with Crippen molar-refractivity contribution in [3.05, 3.63) is 237 Å². The summed E-state index contributed by atoms with van der Waals surface area (Å²) in [5, 5.41) is 0. The van der Waals surface area contributed by atoms with Crippen molar-refractivity contribution in [2.45, 2.75) is 200 Å². The second-order valence-electron chi connectivity index (χ2n) is 29.1. The van der Waals surface area contributed by atoms with Gasteiger partial charge >= 0.3 is 0 Å². The monoisotopic (exact) mass is 1200 g/mol. The van der Waals surface area contributed by atoms with Gasteiger partial charge in [-0.15, -0.1) is 0 Å². The first-order valence-electron chi connectivity index (χ1n) is 37.3. The Bertz CT molecular complexity index is 4350. The number of benzene rings is 5. The SMILES string of the molecule is Cc1ccccc1-c1cc(C(C)(C)C)c(C(C)(C)C)c[n+]1C.[2H]C([2H])([2H])c1cc(C)c(-c2ccc(C([2H])([2H])C(C)(C)C)c[n+]2C)cc1-c1ccccc1.[2H]C([2H])([2H])c1ccc(-c2cc(C)c(C(C)(C)C)c[n+]2C)c(C)c1.[2H]C([2H])([2H])c1ccc(-c2ccc(C(C)(CC)CC)c[n+]2C)c(C)c1. The first-order valence-corrected chi connectivity index (χ1v) is 31.8. The number of hydrogen-bond acceptors (Lipinski definition) is 0. The third-order valence-corrected chi connectivity index (χ3v) is 17.4. The van der Waals surface area contributed by atoms with Crippen LogP contribution in [0, 0.1) is 60.6 Å². The molecule has 4 heterocycles. The minimum absolute atomic E-state index is 0.0978. The van der Waals surface area contributed by atoms with Crippen molar-refractivity contribution in [3.8, 4) is 56.2 Å². The van der Waals surface area contributed by atoms with Crippen LogP contribution < -0.4 is 18.3 Å². The zero-order chi connectivity index (χ0) is 75.6. The Morgan fingerprint density at radius 2 is 0.831 bits per heavy atom. The van der Waals surface area contributed by atoms with E-state index in [0.29, 0.717) is 27.8 Å². The van der Waals surface area contributed by atoms with Crippen LogP contribution in [-0.2, 0) is 56.2 Å². The summed E-state index contributed by atoms with van der Waals surface area (Å²) < 4.78 is 95.0. The molecule has 5 aromatic carbocycles. The Morgan fingerprint density at radius 1 is 0.360 bits per heavy atom. The second-order valence-corrected chi connectivity index (χ2v) is 29.1. The van der Waals surface area contributed by atoms with Gasteiger partial charge in [0.25, 0.3) is 0 Å². The van der Waals surface area contributed by atoms with Crippen LogP contribution in [-0.4, -0.2) is 0 Å². The van der Waals surface area contributed by atoms with Crippen LogP contribution in [0.3, 0.4) is 0 Å². The zero-order valence-corrected chi connectivity index (χ0v) is 58.8. The summed E-state index contributed by atoms with van der Waals surface area (Å²) >= 11 is 0. The van der Waals surface area contributed by atoms with E-state index in [2.05, 4.69) is 192 Å². The molecular weight excluding hydrogens is 1080 g/mol. The summed E-state index contributed by atoms with van der Waals surface area (Å²) in [6.07, 6.45) is 9.27. The number of aryl methyl sites for hydroxylation is 12. The van der Waals surface area contributed by atoms with Gasteiger partial charge in [0.1, 0.15) is 28.2 Å². The summed E-state index contributed by atoms with van der Waals surface area (Å²) in [6, 6.07) is 45.4. The molecular formula is C85H114N4+4. The second kappa shape index (κ2) is 28.7. The van der Waals surface area contributed by atoms with Gasteiger partial charge in [-0.25, -0.2) is 18.3 Å². The van der Waals surface area contributed by atoms with Crippen molar-refractivity contribution in [2.24, 2.45) is 33.6 Å². The van der Waals surface area contributed by atoms with Crippen molar-refractivity contribution in [1.82, 2.24) is 0 Å². The highest BCUT2D eigenvalue weighted by Crippen LogP contribution is 2.37. The van der Waals surface area contributed by atoms with Crippen molar-refractivity contribution in [3.63, 3.8) is 0 Å². The van der Waals surface area contributed by atoms with Gasteiger partial charge in [0.2, 0.25) is 22.8 Å². The molecule has 4 aromatic heterocycles. The molecule has 0 aliphatic carbocycles. The third kappa shape index (κ3) is 18.0. The quantitative estimate of drug-likeness (QED) is 0.128. The van der Waals surface area contributed by atoms with Crippen molar-refractivity contribution in [1.29, 1.82) is 0 Å². The summed E-state index contributed by atoms with van der Waals surface area (Å²) in [6.45, 7) is 36.7. The lowest BCUT2D eigenvalue weighted by Gasteiger charge is -2.29. The topological polar surface area (TPSA) is 15.5 Å². The van der Waals surface area contributed by atoms with E-state index in [-0.39, 0.29) is 21.7 Å². The smallest absolute Gasteiger partial charge is 0.201 e. The van der Waals surface area contributed by atoms with Crippen LogP contribution in [0.25, 0.3) is 56.2 Å². The number of pyridine rings is 4. The minimum atomic E-state index is -2.22. The van der Waals surface area contributed by atoms with Gasteiger partial charge in [0, 0.05) is 83.9 Å². The molecule has 0 unspecified atom stereocenters. The summed E-state index contributed by atoms with van der Waals surface area (Å²) in [5.74, 6) is 0. The van der Waals surface area contributed by atoms with E-state index in [4.69, 9.17) is 15.1 Å². The Kier molecular flexibility index (Phi) is 18.0. The molecule has 4 heteroatoms. The lowest BCUT2D eigenvalue weighted by atomic mass is 9.75. The lowest BCUT2D eigenvalue weighted by molar-refractivity contribution is -0.661. The molecule has 0 atom stereocenters. The van der Waals surface area contributed by atoms with E-state index in [1.54, 1.807) is 30.3 Å². The van der Waals surface area contributed by atoms with Crippen molar-refractivity contribution < 1.29 is 33.3 Å². The highest BCUT2D eigenvalue weighted by Gasteiger charge is 2.31. The fourth-order valence-electron chi connectivity index (χ4n) is 11.8. The van der Waals surface area contributed by atoms with Crippen LogP contribution in [0.2, 0.25) is 0 Å². The molecule has 0 spiro atoms. The fraction of sp³-hybridized carbons (Fsp3) is 0.412. The molecule has 0 amide bonds. The van der Waals surface area contributed by atoms with Gasteiger partial charge in [0.15, 0.2) is 24.8 Å². The van der Waals surface area contributed by atoms with Gasteiger partial charge < -0.3 is 0 Å². The first-order chi connectivity index (χ1) is 45.8. The summed E-state index contributed by atoms with van der Waals surface area (Å²) in [7, 11) is 8.16. The van der Waals surface area contributed by atoms with Crippen LogP contribution in [0.15, 0.2) is 164 Å². The molecule has 0 radical (unpaired) electrons. The summed E-state index contributed by atoms with van der Waals surface area (Å²) in [4.78, 5) is 0. The molecule has 0 aliphatic rings. The Labute approximate surface area is 557 Å². The van der Waals surface area contributed by atoms with Gasteiger partial charge in [-0.2, -0.15) is 0 Å².